The lowest BCUT2D eigenvalue weighted by atomic mass is 10.1. The fraction of sp³-hybridized carbons (Fsp3) is 0.417. The highest BCUT2D eigenvalue weighted by Crippen LogP contribution is 2.23. The number of aromatic carboxylic acids is 1. The van der Waals surface area contributed by atoms with Gasteiger partial charge >= 0.3 is 5.97 Å². The Morgan fingerprint density at radius 3 is 2.55 bits per heavy atom. The normalized spacial score (nSPS) is 11.8. The van der Waals surface area contributed by atoms with E-state index < -0.39 is 27.4 Å². The van der Waals surface area contributed by atoms with Gasteiger partial charge in [0, 0.05) is 25.7 Å². The molecule has 0 atom stereocenters. The highest BCUT2D eigenvalue weighted by Gasteiger charge is 2.25. The summed E-state index contributed by atoms with van der Waals surface area (Å²) in [4.78, 5) is 10.6. The van der Waals surface area contributed by atoms with Crippen LogP contribution in [0.5, 0.6) is 0 Å². The van der Waals surface area contributed by atoms with Gasteiger partial charge in [-0.05, 0) is 26.1 Å². The first kappa shape index (κ1) is 16.5. The molecule has 0 fully saturated rings. The first-order chi connectivity index (χ1) is 9.21. The highest BCUT2D eigenvalue weighted by atomic mass is 32.2. The molecule has 1 rings (SSSR count). The van der Waals surface area contributed by atoms with Gasteiger partial charge in [0.2, 0.25) is 10.0 Å². The lowest BCUT2D eigenvalue weighted by Gasteiger charge is -2.19. The van der Waals surface area contributed by atoms with Crippen molar-refractivity contribution in [1.82, 2.24) is 9.62 Å². The average Bonchev–Trinajstić information content (AvgIpc) is 2.38. The number of nitrogens with one attached hydrogen (secondary N) is 1. The highest BCUT2D eigenvalue weighted by molar-refractivity contribution is 7.89. The van der Waals surface area contributed by atoms with E-state index in [9.17, 15) is 17.6 Å². The van der Waals surface area contributed by atoms with Crippen molar-refractivity contribution in [2.24, 2.45) is 0 Å². The molecule has 0 unspecified atom stereocenters. The second kappa shape index (κ2) is 6.29. The molecule has 0 heterocycles. The van der Waals surface area contributed by atoms with Gasteiger partial charge in [0.05, 0.1) is 10.5 Å². The van der Waals surface area contributed by atoms with Crippen LogP contribution in [-0.2, 0) is 10.0 Å². The topological polar surface area (TPSA) is 86.7 Å². The van der Waals surface area contributed by atoms with Crippen LogP contribution in [0.2, 0.25) is 0 Å². The predicted molar refractivity (Wildman–Crippen MR) is 71.8 cm³/mol. The Labute approximate surface area is 117 Å². The number of halogens is 1. The number of sulfonamides is 1. The van der Waals surface area contributed by atoms with Crippen molar-refractivity contribution < 1.29 is 22.7 Å². The maximum atomic E-state index is 13.7. The molecule has 0 spiro atoms. The van der Waals surface area contributed by atoms with E-state index in [1.165, 1.54) is 14.0 Å². The summed E-state index contributed by atoms with van der Waals surface area (Å²) in [6, 6.07) is 1.79. The van der Waals surface area contributed by atoms with Gasteiger partial charge in [-0.2, -0.15) is 4.31 Å². The number of likely N-dealkylation sites (N-methyl/N-ethyl adjacent to an activating group) is 2. The molecule has 6 nitrogen and oxygen atoms in total. The minimum absolute atomic E-state index is 0.0914. The smallest absolute Gasteiger partial charge is 0.335 e. The van der Waals surface area contributed by atoms with Crippen LogP contribution in [0.3, 0.4) is 0 Å². The van der Waals surface area contributed by atoms with E-state index in [0.29, 0.717) is 6.54 Å². The molecule has 1 aromatic carbocycles. The summed E-state index contributed by atoms with van der Waals surface area (Å²) in [5, 5.41) is 11.7. The lowest BCUT2D eigenvalue weighted by Crippen LogP contribution is -2.33. The summed E-state index contributed by atoms with van der Waals surface area (Å²) in [5.74, 6) is -2.23. The number of hydrogen-bond acceptors (Lipinski definition) is 4. The van der Waals surface area contributed by atoms with Crippen LogP contribution in [0.15, 0.2) is 17.0 Å². The molecule has 1 aromatic rings. The average molecular weight is 304 g/mol. The molecule has 0 saturated heterocycles. The van der Waals surface area contributed by atoms with Gasteiger partial charge in [-0.1, -0.05) is 0 Å². The van der Waals surface area contributed by atoms with Crippen molar-refractivity contribution in [2.45, 2.75) is 11.8 Å². The summed E-state index contributed by atoms with van der Waals surface area (Å²) >= 11 is 0. The quantitative estimate of drug-likeness (QED) is 0.807. The van der Waals surface area contributed by atoms with Gasteiger partial charge in [0.15, 0.2) is 0 Å². The van der Waals surface area contributed by atoms with Crippen molar-refractivity contribution in [2.75, 3.05) is 27.2 Å². The Bertz CT molecular complexity index is 616. The Balaban J connectivity index is 3.34. The SMILES string of the molecule is CNCCN(C)S(=O)(=O)c1cc(C(=O)O)cc(F)c1C. The largest absolute Gasteiger partial charge is 0.478 e. The number of benzene rings is 1. The number of rotatable bonds is 6. The third-order valence-electron chi connectivity index (χ3n) is 2.91. The van der Waals surface area contributed by atoms with Crippen LogP contribution in [0.1, 0.15) is 15.9 Å². The predicted octanol–water partition coefficient (Wildman–Crippen LogP) is 0.672. The molecular formula is C12H17FN2O4S. The zero-order chi connectivity index (χ0) is 15.5. The Morgan fingerprint density at radius 2 is 2.05 bits per heavy atom. The second-order valence-electron chi connectivity index (χ2n) is 4.32. The Hall–Kier alpha value is -1.51. The van der Waals surface area contributed by atoms with Crippen LogP contribution >= 0.6 is 0 Å². The minimum Gasteiger partial charge on any atom is -0.478 e. The van der Waals surface area contributed by atoms with E-state index in [-0.39, 0.29) is 17.0 Å². The molecule has 0 aliphatic heterocycles. The van der Waals surface area contributed by atoms with Gasteiger partial charge in [0.1, 0.15) is 5.82 Å². The molecule has 8 heteroatoms. The molecule has 0 radical (unpaired) electrons. The first-order valence-electron chi connectivity index (χ1n) is 5.86. The van der Waals surface area contributed by atoms with Crippen LogP contribution < -0.4 is 5.32 Å². The molecule has 0 saturated carbocycles. The van der Waals surface area contributed by atoms with Crippen molar-refractivity contribution in [3.8, 4) is 0 Å². The van der Waals surface area contributed by atoms with Crippen LogP contribution in [0, 0.1) is 12.7 Å². The van der Waals surface area contributed by atoms with Crippen molar-refractivity contribution in [3.63, 3.8) is 0 Å². The maximum Gasteiger partial charge on any atom is 0.335 e. The summed E-state index contributed by atoms with van der Waals surface area (Å²) in [6.07, 6.45) is 0. The Kier molecular flexibility index (Phi) is 5.21. The number of carboxylic acids is 1. The standard InChI is InChI=1S/C12H17FN2O4S/c1-8-10(13)6-9(12(16)17)7-11(8)20(18,19)15(3)5-4-14-2/h6-7,14H,4-5H2,1-3H3,(H,16,17). The Morgan fingerprint density at radius 1 is 1.45 bits per heavy atom. The molecular weight excluding hydrogens is 287 g/mol. The van der Waals surface area contributed by atoms with Crippen molar-refractivity contribution >= 4 is 16.0 Å². The molecule has 0 bridgehead atoms. The van der Waals surface area contributed by atoms with Gasteiger partial charge in [-0.25, -0.2) is 17.6 Å². The van der Waals surface area contributed by atoms with Gasteiger partial charge in [0.25, 0.3) is 0 Å². The molecule has 0 aliphatic carbocycles. The zero-order valence-electron chi connectivity index (χ0n) is 11.5. The monoisotopic (exact) mass is 304 g/mol. The molecule has 112 valence electrons. The molecule has 0 amide bonds. The van der Waals surface area contributed by atoms with Gasteiger partial charge < -0.3 is 10.4 Å². The summed E-state index contributed by atoms with van der Waals surface area (Å²) in [6.45, 7) is 1.92. The van der Waals surface area contributed by atoms with E-state index in [1.807, 2.05) is 0 Å². The lowest BCUT2D eigenvalue weighted by molar-refractivity contribution is 0.0696. The van der Waals surface area contributed by atoms with Gasteiger partial charge in [-0.3, -0.25) is 0 Å². The third kappa shape index (κ3) is 3.33. The molecule has 0 aliphatic rings. The second-order valence-corrected chi connectivity index (χ2v) is 6.33. The van der Waals surface area contributed by atoms with Crippen molar-refractivity contribution in [3.05, 3.63) is 29.1 Å². The number of carboxylic acid groups (broad SMARTS) is 1. The first-order valence-corrected chi connectivity index (χ1v) is 7.30. The van der Waals surface area contributed by atoms with E-state index in [1.54, 1.807) is 7.05 Å². The number of carbonyl (C=O) groups is 1. The maximum absolute atomic E-state index is 13.7. The fourth-order valence-electron chi connectivity index (χ4n) is 1.60. The molecule has 0 aromatic heterocycles. The molecule has 20 heavy (non-hydrogen) atoms. The number of hydrogen-bond donors (Lipinski definition) is 2. The van der Waals surface area contributed by atoms with Crippen LogP contribution in [-0.4, -0.2) is 51.0 Å². The third-order valence-corrected chi connectivity index (χ3v) is 4.89. The van der Waals surface area contributed by atoms with E-state index in [0.717, 1.165) is 16.4 Å². The van der Waals surface area contributed by atoms with E-state index in [4.69, 9.17) is 5.11 Å². The van der Waals surface area contributed by atoms with Crippen LogP contribution in [0.25, 0.3) is 0 Å². The van der Waals surface area contributed by atoms with Crippen LogP contribution in [0.4, 0.5) is 4.39 Å². The number of nitrogens with zero attached hydrogens (tertiary/aromatic N) is 1. The van der Waals surface area contributed by atoms with E-state index in [2.05, 4.69) is 5.32 Å². The summed E-state index contributed by atoms with van der Waals surface area (Å²) < 4.78 is 39.4. The van der Waals surface area contributed by atoms with E-state index >= 15 is 0 Å². The molecule has 2 N–H and O–H groups in total. The van der Waals surface area contributed by atoms with Gasteiger partial charge in [-0.15, -0.1) is 0 Å². The fourth-order valence-corrected chi connectivity index (χ4v) is 3.03. The minimum atomic E-state index is -3.93. The van der Waals surface area contributed by atoms with Crippen molar-refractivity contribution in [1.29, 1.82) is 0 Å². The zero-order valence-corrected chi connectivity index (χ0v) is 12.3. The summed E-state index contributed by atoms with van der Waals surface area (Å²) in [7, 11) is -0.895. The summed E-state index contributed by atoms with van der Waals surface area (Å²) in [5.41, 5.74) is -0.486.